The number of carbonyl (C=O) groups is 2. The molecule has 0 spiro atoms. The van der Waals surface area contributed by atoms with Gasteiger partial charge in [0.25, 0.3) is 11.5 Å². The summed E-state index contributed by atoms with van der Waals surface area (Å²) in [6, 6.07) is 13.6. The molecule has 0 radical (unpaired) electrons. The molecule has 0 unspecified atom stereocenters. The number of nitrogens with one attached hydrogen (secondary N) is 2. The molecule has 0 atom stereocenters. The second kappa shape index (κ2) is 8.92. The number of rotatable bonds is 6. The van der Waals surface area contributed by atoms with Crippen LogP contribution in [-0.2, 0) is 17.9 Å². The Kier molecular flexibility index (Phi) is 6.13. The molecular weight excluding hydrogens is 384 g/mol. The number of furan rings is 1. The van der Waals surface area contributed by atoms with Crippen molar-refractivity contribution in [3.8, 4) is 6.07 Å². The number of hydrogen-bond donors (Lipinski definition) is 2. The number of benzene rings is 1. The molecule has 2 N–H and O–H groups in total. The maximum absolute atomic E-state index is 12.6. The van der Waals surface area contributed by atoms with E-state index in [0.717, 1.165) is 0 Å². The summed E-state index contributed by atoms with van der Waals surface area (Å²) in [5.41, 5.74) is 1.22. The highest BCUT2D eigenvalue weighted by Crippen LogP contribution is 2.16. The second-order valence-corrected chi connectivity index (χ2v) is 6.70. The van der Waals surface area contributed by atoms with E-state index in [1.54, 1.807) is 56.3 Å². The summed E-state index contributed by atoms with van der Waals surface area (Å²) in [5, 5.41) is 14.6. The standard InChI is InChI=1S/C22H20N4O4/c1-14-10-15(2)26(22(29)18(14)11-23)13-20(27)25-19-8-4-3-7-17(19)21(28)24-12-16-6-5-9-30-16/h3-10H,12-13H2,1-2H3,(H,24,28)(H,25,27). The van der Waals surface area contributed by atoms with E-state index in [-0.39, 0.29) is 30.1 Å². The van der Waals surface area contributed by atoms with Crippen LogP contribution in [0.3, 0.4) is 0 Å². The zero-order chi connectivity index (χ0) is 21.7. The Morgan fingerprint density at radius 2 is 1.93 bits per heavy atom. The first-order valence-electron chi connectivity index (χ1n) is 9.21. The summed E-state index contributed by atoms with van der Waals surface area (Å²) in [7, 11) is 0. The maximum Gasteiger partial charge on any atom is 0.269 e. The van der Waals surface area contributed by atoms with Gasteiger partial charge in [-0.15, -0.1) is 0 Å². The van der Waals surface area contributed by atoms with Gasteiger partial charge in [-0.3, -0.25) is 14.4 Å². The molecule has 3 rings (SSSR count). The molecule has 1 aromatic carbocycles. The van der Waals surface area contributed by atoms with Gasteiger partial charge >= 0.3 is 0 Å². The fraction of sp³-hybridized carbons (Fsp3) is 0.182. The van der Waals surface area contributed by atoms with Crippen LogP contribution in [-0.4, -0.2) is 16.4 Å². The number of aromatic nitrogens is 1. The van der Waals surface area contributed by atoms with Crippen molar-refractivity contribution in [1.82, 2.24) is 9.88 Å². The van der Waals surface area contributed by atoms with E-state index in [1.807, 2.05) is 6.07 Å². The molecule has 0 saturated heterocycles. The fourth-order valence-corrected chi connectivity index (χ4v) is 3.06. The molecule has 2 heterocycles. The number of carbonyl (C=O) groups excluding carboxylic acids is 2. The zero-order valence-electron chi connectivity index (χ0n) is 16.6. The van der Waals surface area contributed by atoms with Crippen LogP contribution >= 0.6 is 0 Å². The van der Waals surface area contributed by atoms with Crippen LogP contribution in [0, 0.1) is 25.2 Å². The number of pyridine rings is 1. The summed E-state index contributed by atoms with van der Waals surface area (Å²) >= 11 is 0. The number of hydrogen-bond acceptors (Lipinski definition) is 5. The Morgan fingerprint density at radius 3 is 2.63 bits per heavy atom. The Morgan fingerprint density at radius 1 is 1.17 bits per heavy atom. The smallest absolute Gasteiger partial charge is 0.269 e. The van der Waals surface area contributed by atoms with E-state index >= 15 is 0 Å². The maximum atomic E-state index is 12.6. The van der Waals surface area contributed by atoms with Gasteiger partial charge in [-0.1, -0.05) is 12.1 Å². The van der Waals surface area contributed by atoms with Crippen LogP contribution in [0.5, 0.6) is 0 Å². The van der Waals surface area contributed by atoms with Crippen LogP contribution in [0.1, 0.15) is 32.9 Å². The number of para-hydroxylation sites is 1. The Hall–Kier alpha value is -4.12. The van der Waals surface area contributed by atoms with Gasteiger partial charge in [0.15, 0.2) is 0 Å². The van der Waals surface area contributed by atoms with E-state index in [9.17, 15) is 19.6 Å². The number of aryl methyl sites for hydroxylation is 2. The minimum absolute atomic E-state index is 0.00565. The summed E-state index contributed by atoms with van der Waals surface area (Å²) in [5.74, 6) is -0.260. The van der Waals surface area contributed by atoms with E-state index < -0.39 is 11.5 Å². The van der Waals surface area contributed by atoms with E-state index in [1.165, 1.54) is 10.8 Å². The summed E-state index contributed by atoms with van der Waals surface area (Å²) in [6.07, 6.45) is 1.52. The third kappa shape index (κ3) is 4.47. The van der Waals surface area contributed by atoms with Crippen LogP contribution < -0.4 is 16.2 Å². The summed E-state index contributed by atoms with van der Waals surface area (Å²) < 4.78 is 6.43. The topological polar surface area (TPSA) is 117 Å². The lowest BCUT2D eigenvalue weighted by Gasteiger charge is -2.14. The van der Waals surface area contributed by atoms with Crippen LogP contribution in [0.2, 0.25) is 0 Å². The van der Waals surface area contributed by atoms with Crippen molar-refractivity contribution >= 4 is 17.5 Å². The number of nitrogens with zero attached hydrogens (tertiary/aromatic N) is 2. The largest absolute Gasteiger partial charge is 0.467 e. The molecule has 0 saturated carbocycles. The minimum Gasteiger partial charge on any atom is -0.467 e. The Bertz CT molecular complexity index is 1190. The van der Waals surface area contributed by atoms with Crippen molar-refractivity contribution < 1.29 is 14.0 Å². The number of anilines is 1. The summed E-state index contributed by atoms with van der Waals surface area (Å²) in [4.78, 5) is 37.6. The van der Waals surface area contributed by atoms with Crippen molar-refractivity contribution in [1.29, 1.82) is 5.26 Å². The lowest BCUT2D eigenvalue weighted by molar-refractivity contribution is -0.116. The van der Waals surface area contributed by atoms with Gasteiger partial charge in [0, 0.05) is 5.69 Å². The Labute approximate surface area is 172 Å². The van der Waals surface area contributed by atoms with Crippen molar-refractivity contribution in [3.05, 3.63) is 87.2 Å². The van der Waals surface area contributed by atoms with Crippen molar-refractivity contribution in [2.75, 3.05) is 5.32 Å². The highest BCUT2D eigenvalue weighted by molar-refractivity contribution is 6.03. The highest BCUT2D eigenvalue weighted by Gasteiger charge is 2.16. The SMILES string of the molecule is Cc1cc(C)n(CC(=O)Nc2ccccc2C(=O)NCc2ccco2)c(=O)c1C#N. The predicted molar refractivity (Wildman–Crippen MR) is 110 cm³/mol. The first-order chi connectivity index (χ1) is 14.4. The van der Waals surface area contributed by atoms with Crippen LogP contribution in [0.15, 0.2) is 57.9 Å². The van der Waals surface area contributed by atoms with Crippen molar-refractivity contribution in [3.63, 3.8) is 0 Å². The summed E-state index contributed by atoms with van der Waals surface area (Å²) in [6.45, 7) is 3.30. The van der Waals surface area contributed by atoms with Crippen LogP contribution in [0.25, 0.3) is 0 Å². The normalized spacial score (nSPS) is 10.3. The molecule has 3 aromatic rings. The third-order valence-electron chi connectivity index (χ3n) is 4.57. The molecule has 30 heavy (non-hydrogen) atoms. The highest BCUT2D eigenvalue weighted by atomic mass is 16.3. The van der Waals surface area contributed by atoms with Crippen LogP contribution in [0.4, 0.5) is 5.69 Å². The number of amides is 2. The molecule has 0 bridgehead atoms. The van der Waals surface area contributed by atoms with Gasteiger partial charge < -0.3 is 19.6 Å². The molecule has 8 heteroatoms. The fourth-order valence-electron chi connectivity index (χ4n) is 3.06. The van der Waals surface area contributed by atoms with Gasteiger partial charge in [0.05, 0.1) is 24.1 Å². The lowest BCUT2D eigenvalue weighted by Crippen LogP contribution is -2.32. The minimum atomic E-state index is -0.519. The molecule has 2 aromatic heterocycles. The molecule has 0 fully saturated rings. The van der Waals surface area contributed by atoms with Gasteiger partial charge in [-0.2, -0.15) is 5.26 Å². The lowest BCUT2D eigenvalue weighted by atomic mass is 10.1. The van der Waals surface area contributed by atoms with Gasteiger partial charge in [0.1, 0.15) is 23.9 Å². The molecule has 0 aliphatic rings. The predicted octanol–water partition coefficient (Wildman–Crippen LogP) is 2.50. The van der Waals surface area contributed by atoms with Gasteiger partial charge in [0.2, 0.25) is 5.91 Å². The molecule has 0 aliphatic heterocycles. The molecule has 8 nitrogen and oxygen atoms in total. The quantitative estimate of drug-likeness (QED) is 0.655. The second-order valence-electron chi connectivity index (χ2n) is 6.70. The third-order valence-corrected chi connectivity index (χ3v) is 4.57. The zero-order valence-corrected chi connectivity index (χ0v) is 16.6. The average molecular weight is 404 g/mol. The van der Waals surface area contributed by atoms with Crippen molar-refractivity contribution in [2.24, 2.45) is 0 Å². The van der Waals surface area contributed by atoms with Crippen molar-refractivity contribution in [2.45, 2.75) is 26.9 Å². The van der Waals surface area contributed by atoms with E-state index in [2.05, 4.69) is 10.6 Å². The molecule has 0 aliphatic carbocycles. The van der Waals surface area contributed by atoms with E-state index in [0.29, 0.717) is 22.7 Å². The van der Waals surface area contributed by atoms with Gasteiger partial charge in [-0.05, 0) is 49.7 Å². The number of nitriles is 1. The Balaban J connectivity index is 1.76. The first-order valence-corrected chi connectivity index (χ1v) is 9.21. The monoisotopic (exact) mass is 404 g/mol. The molecular formula is C22H20N4O4. The van der Waals surface area contributed by atoms with E-state index in [4.69, 9.17) is 4.42 Å². The first kappa shape index (κ1) is 20.6. The molecule has 152 valence electrons. The van der Waals surface area contributed by atoms with Gasteiger partial charge in [-0.25, -0.2) is 0 Å². The average Bonchev–Trinajstić information content (AvgIpc) is 3.23. The molecule has 2 amide bonds.